The van der Waals surface area contributed by atoms with Gasteiger partial charge in [0.25, 0.3) is 0 Å². The Morgan fingerprint density at radius 2 is 2.18 bits per heavy atom. The van der Waals surface area contributed by atoms with Gasteiger partial charge in [0, 0.05) is 12.0 Å². The van der Waals surface area contributed by atoms with Crippen LogP contribution < -0.4 is 14.6 Å². The molecule has 2 aliphatic rings. The third-order valence-electron chi connectivity index (χ3n) is 6.33. The van der Waals surface area contributed by atoms with E-state index in [0.717, 1.165) is 27.5 Å². The Bertz CT molecular complexity index is 925. The summed E-state index contributed by atoms with van der Waals surface area (Å²) in [7, 11) is -3.37. The number of fused-ring (bicyclic) bond motifs is 3. The lowest BCUT2D eigenvalue weighted by Gasteiger charge is -2.37. The molecule has 1 aromatic heterocycles. The normalized spacial score (nSPS) is 22.5. The van der Waals surface area contributed by atoms with Gasteiger partial charge in [-0.2, -0.15) is 0 Å². The van der Waals surface area contributed by atoms with Crippen molar-refractivity contribution in [2.75, 3.05) is 18.1 Å². The van der Waals surface area contributed by atoms with Gasteiger partial charge in [-0.1, -0.05) is 38.7 Å². The maximum absolute atomic E-state index is 12.8. The molecule has 9 heteroatoms. The third-order valence-corrected chi connectivity index (χ3v) is 14.2. The molecule has 2 atom stereocenters. The quantitative estimate of drug-likeness (QED) is 0.736. The smallest absolute Gasteiger partial charge is 0.315 e. The van der Waals surface area contributed by atoms with Crippen LogP contribution in [0.4, 0.5) is 9.93 Å². The van der Waals surface area contributed by atoms with E-state index in [2.05, 4.69) is 51.5 Å². The zero-order chi connectivity index (χ0) is 20.3. The van der Waals surface area contributed by atoms with E-state index >= 15 is 0 Å². The monoisotopic (exact) mass is 435 g/mol. The summed E-state index contributed by atoms with van der Waals surface area (Å²) in [5.41, 5.74) is 2.22. The molecule has 152 valence electrons. The molecule has 0 saturated carbocycles. The molecule has 6 nitrogen and oxygen atoms in total. The Kier molecular flexibility index (Phi) is 4.84. The second kappa shape index (κ2) is 6.82. The molecule has 1 fully saturated rings. The molecule has 0 aliphatic carbocycles. The van der Waals surface area contributed by atoms with Crippen LogP contribution in [0.5, 0.6) is 5.75 Å². The van der Waals surface area contributed by atoms with Crippen molar-refractivity contribution >= 4 is 50.0 Å². The summed E-state index contributed by atoms with van der Waals surface area (Å²) in [4.78, 5) is 22.7. The number of hydrogen-bond donors (Lipinski definition) is 1. The first-order valence-corrected chi connectivity index (χ1v) is 16.0. The van der Waals surface area contributed by atoms with E-state index in [-0.39, 0.29) is 16.7 Å². The van der Waals surface area contributed by atoms with Gasteiger partial charge in [0.05, 0.1) is 29.1 Å². The Labute approximate surface area is 173 Å². The van der Waals surface area contributed by atoms with Crippen LogP contribution in [0.2, 0.25) is 24.7 Å². The lowest BCUT2D eigenvalue weighted by molar-refractivity contribution is 0.248. The first-order valence-electron chi connectivity index (χ1n) is 9.87. The lowest BCUT2D eigenvalue weighted by Crippen LogP contribution is -2.48. The molecule has 1 saturated heterocycles. The molecule has 1 aromatic carbocycles. The van der Waals surface area contributed by atoms with Crippen molar-refractivity contribution in [3.63, 3.8) is 0 Å². The lowest BCUT2D eigenvalue weighted by atomic mass is 10.1. The van der Waals surface area contributed by atoms with Crippen molar-refractivity contribution in [1.82, 2.24) is 9.97 Å². The Morgan fingerprint density at radius 1 is 1.43 bits per heavy atom. The number of anilines is 1. The SMILES string of the molecule is C[SiH]1NC(=O)N(c2nc3c4c(ccc3s2)OCC4)C1CO[Si](C)(C)C(C)(C)C. The Morgan fingerprint density at radius 3 is 2.89 bits per heavy atom. The number of carbonyl (C=O) groups excluding carboxylic acids is 1. The minimum absolute atomic E-state index is 0.0325. The van der Waals surface area contributed by atoms with E-state index in [9.17, 15) is 4.79 Å². The average Bonchev–Trinajstić information content (AvgIpc) is 3.27. The largest absolute Gasteiger partial charge is 0.493 e. The molecule has 1 N–H and O–H groups in total. The molecule has 0 radical (unpaired) electrons. The number of nitrogens with zero attached hydrogens (tertiary/aromatic N) is 2. The van der Waals surface area contributed by atoms with Gasteiger partial charge in [0.15, 0.2) is 22.4 Å². The number of hydrogen-bond acceptors (Lipinski definition) is 5. The van der Waals surface area contributed by atoms with Crippen LogP contribution in [-0.2, 0) is 10.8 Å². The van der Waals surface area contributed by atoms with E-state index in [1.165, 1.54) is 5.56 Å². The zero-order valence-electron chi connectivity index (χ0n) is 17.5. The number of nitrogens with one attached hydrogen (secondary N) is 1. The van der Waals surface area contributed by atoms with Gasteiger partial charge in [-0.15, -0.1) is 0 Å². The van der Waals surface area contributed by atoms with E-state index in [4.69, 9.17) is 14.1 Å². The van der Waals surface area contributed by atoms with Crippen LogP contribution in [0.1, 0.15) is 26.3 Å². The molecule has 2 unspecified atom stereocenters. The maximum atomic E-state index is 12.8. The first kappa shape index (κ1) is 19.9. The molecular weight excluding hydrogens is 406 g/mol. The second-order valence-corrected chi connectivity index (χ2v) is 17.7. The minimum Gasteiger partial charge on any atom is -0.493 e. The standard InChI is InChI=1S/C19H29N3O3SSi2/c1-19(2,3)28(5,6)25-11-15-22(17(23)21-27(15)4)18-20-16-12-9-10-24-13(12)7-8-14(16)26-18/h7-8,15,27H,9-11H2,1-6H3,(H,21,23). The van der Waals surface area contributed by atoms with Crippen molar-refractivity contribution in [2.24, 2.45) is 0 Å². The van der Waals surface area contributed by atoms with Crippen molar-refractivity contribution in [3.05, 3.63) is 17.7 Å². The summed E-state index contributed by atoms with van der Waals surface area (Å²) < 4.78 is 13.3. The third kappa shape index (κ3) is 3.28. The Balaban J connectivity index is 1.63. The van der Waals surface area contributed by atoms with Crippen LogP contribution in [0.3, 0.4) is 0 Å². The summed E-state index contributed by atoms with van der Waals surface area (Å²) >= 11 is 1.59. The Hall–Kier alpha value is -1.43. The molecule has 0 bridgehead atoms. The van der Waals surface area contributed by atoms with Crippen molar-refractivity contribution < 1.29 is 14.0 Å². The van der Waals surface area contributed by atoms with E-state index in [0.29, 0.717) is 13.2 Å². The zero-order valence-corrected chi connectivity index (χ0v) is 20.4. The van der Waals surface area contributed by atoms with Gasteiger partial charge in [-0.25, -0.2) is 9.78 Å². The number of thiazole rings is 1. The summed E-state index contributed by atoms with van der Waals surface area (Å²) in [6.45, 7) is 14.7. The van der Waals surface area contributed by atoms with Gasteiger partial charge in [-0.3, -0.25) is 4.90 Å². The number of benzene rings is 1. The number of amides is 2. The number of rotatable bonds is 4. The van der Waals surface area contributed by atoms with Crippen LogP contribution >= 0.6 is 11.3 Å². The highest BCUT2D eigenvalue weighted by molar-refractivity contribution is 7.22. The van der Waals surface area contributed by atoms with Crippen LogP contribution in [-0.4, -0.2) is 47.2 Å². The van der Waals surface area contributed by atoms with Gasteiger partial charge in [0.2, 0.25) is 0 Å². The highest BCUT2D eigenvalue weighted by Crippen LogP contribution is 2.40. The molecule has 4 rings (SSSR count). The number of urea groups is 1. The maximum Gasteiger partial charge on any atom is 0.315 e. The first-order chi connectivity index (χ1) is 13.1. The molecule has 2 amide bonds. The predicted octanol–water partition coefficient (Wildman–Crippen LogP) is 4.04. The highest BCUT2D eigenvalue weighted by atomic mass is 32.1. The fourth-order valence-corrected chi connectivity index (χ4v) is 7.66. The molecular formula is C19H29N3O3SSi2. The van der Waals surface area contributed by atoms with Gasteiger partial charge in [0.1, 0.15) is 5.75 Å². The van der Waals surface area contributed by atoms with Gasteiger partial charge >= 0.3 is 6.03 Å². The van der Waals surface area contributed by atoms with Crippen LogP contribution in [0, 0.1) is 0 Å². The van der Waals surface area contributed by atoms with Crippen molar-refractivity contribution in [1.29, 1.82) is 0 Å². The molecule has 2 aliphatic heterocycles. The fourth-order valence-electron chi connectivity index (χ4n) is 3.45. The summed E-state index contributed by atoms with van der Waals surface area (Å²) in [5, 5.41) is 0.920. The van der Waals surface area contributed by atoms with Crippen LogP contribution in [0.15, 0.2) is 12.1 Å². The summed E-state index contributed by atoms with van der Waals surface area (Å²) in [6, 6.07) is 4.04. The highest BCUT2D eigenvalue weighted by Gasteiger charge is 2.44. The number of ether oxygens (including phenoxy) is 1. The molecule has 0 spiro atoms. The topological polar surface area (TPSA) is 63.7 Å². The average molecular weight is 436 g/mol. The van der Waals surface area contributed by atoms with Crippen LogP contribution in [0.25, 0.3) is 10.2 Å². The van der Waals surface area contributed by atoms with Gasteiger partial charge < -0.3 is 14.1 Å². The minimum atomic E-state index is -1.88. The molecule has 28 heavy (non-hydrogen) atoms. The van der Waals surface area contributed by atoms with Crippen molar-refractivity contribution in [2.45, 2.75) is 57.5 Å². The van der Waals surface area contributed by atoms with Crippen molar-refractivity contribution in [3.8, 4) is 5.75 Å². The second-order valence-electron chi connectivity index (χ2n) is 9.23. The summed E-state index contributed by atoms with van der Waals surface area (Å²) in [6.07, 6.45) is 0.880. The predicted molar refractivity (Wildman–Crippen MR) is 120 cm³/mol. The van der Waals surface area contributed by atoms with Gasteiger partial charge in [-0.05, 0) is 30.3 Å². The molecule has 3 heterocycles. The van der Waals surface area contributed by atoms with E-state index in [1.807, 2.05) is 11.0 Å². The number of carbonyl (C=O) groups is 1. The number of aromatic nitrogens is 1. The van der Waals surface area contributed by atoms with E-state index < -0.39 is 17.3 Å². The fraction of sp³-hybridized carbons (Fsp3) is 0.579. The van der Waals surface area contributed by atoms with E-state index in [1.54, 1.807) is 11.3 Å². The molecule has 2 aromatic rings. The summed E-state index contributed by atoms with van der Waals surface area (Å²) in [5.74, 6) is 0.927.